The van der Waals surface area contributed by atoms with Gasteiger partial charge in [0.15, 0.2) is 0 Å². The summed E-state index contributed by atoms with van der Waals surface area (Å²) in [4.78, 5) is 0. The standard InChI is InChI=1S/C25H28N2O3/c1-25(20-10-6-3-7-11-20)22(19-8-4-2-5-9-19)12-13-24-23(25)14-27(26-24)17-30-21-15-28-18-29-16-21/h2-13,21-22,26H,14-18H2,1H3. The summed E-state index contributed by atoms with van der Waals surface area (Å²) in [6.45, 7) is 5.19. The van der Waals surface area contributed by atoms with Crippen molar-refractivity contribution in [3.05, 3.63) is 95.2 Å². The number of hydrogen-bond acceptors (Lipinski definition) is 5. The van der Waals surface area contributed by atoms with E-state index < -0.39 is 0 Å². The highest BCUT2D eigenvalue weighted by Gasteiger charge is 2.45. The maximum Gasteiger partial charge on any atom is 0.146 e. The van der Waals surface area contributed by atoms with Crippen LogP contribution < -0.4 is 5.43 Å². The normalized spacial score (nSPS) is 27.2. The topological polar surface area (TPSA) is 43.0 Å². The van der Waals surface area contributed by atoms with Crippen LogP contribution in [0.3, 0.4) is 0 Å². The highest BCUT2D eigenvalue weighted by Crippen LogP contribution is 2.50. The molecule has 3 aliphatic rings. The number of nitrogens with one attached hydrogen (secondary N) is 1. The first-order valence-electron chi connectivity index (χ1n) is 10.6. The molecular formula is C25H28N2O3. The van der Waals surface area contributed by atoms with E-state index >= 15 is 0 Å². The van der Waals surface area contributed by atoms with Crippen molar-refractivity contribution in [1.82, 2.24) is 10.4 Å². The molecule has 5 nitrogen and oxygen atoms in total. The van der Waals surface area contributed by atoms with Gasteiger partial charge in [0.05, 0.1) is 18.9 Å². The summed E-state index contributed by atoms with van der Waals surface area (Å²) < 4.78 is 16.7. The van der Waals surface area contributed by atoms with Crippen LogP contribution in [0.5, 0.6) is 0 Å². The molecule has 2 aliphatic heterocycles. The van der Waals surface area contributed by atoms with Crippen LogP contribution in [0.25, 0.3) is 0 Å². The van der Waals surface area contributed by atoms with Gasteiger partial charge in [0.25, 0.3) is 0 Å². The summed E-state index contributed by atoms with van der Waals surface area (Å²) in [5.74, 6) is 0.266. The first-order chi connectivity index (χ1) is 14.7. The Kier molecular flexibility index (Phi) is 5.44. The van der Waals surface area contributed by atoms with Crippen molar-refractivity contribution in [1.29, 1.82) is 0 Å². The third kappa shape index (κ3) is 3.59. The van der Waals surface area contributed by atoms with Crippen LogP contribution in [-0.2, 0) is 19.6 Å². The molecule has 30 heavy (non-hydrogen) atoms. The summed E-state index contributed by atoms with van der Waals surface area (Å²) in [5, 5.41) is 2.14. The zero-order valence-electron chi connectivity index (χ0n) is 17.3. The number of rotatable bonds is 5. The van der Waals surface area contributed by atoms with Gasteiger partial charge < -0.3 is 19.6 Å². The second-order valence-electron chi connectivity index (χ2n) is 8.30. The maximum absolute atomic E-state index is 6.02. The van der Waals surface area contributed by atoms with E-state index in [-0.39, 0.29) is 17.4 Å². The van der Waals surface area contributed by atoms with Crippen LogP contribution in [0.2, 0.25) is 0 Å². The summed E-state index contributed by atoms with van der Waals surface area (Å²) in [6, 6.07) is 21.6. The molecular weight excluding hydrogens is 376 g/mol. The Morgan fingerprint density at radius 3 is 2.47 bits per heavy atom. The lowest BCUT2D eigenvalue weighted by Crippen LogP contribution is -2.40. The van der Waals surface area contributed by atoms with Crippen molar-refractivity contribution < 1.29 is 14.2 Å². The SMILES string of the molecule is CC1(c2ccccc2)C2=C(C=CC1c1ccccc1)NN(COC1COCOC1)C2. The lowest BCUT2D eigenvalue weighted by Gasteiger charge is -2.41. The summed E-state index contributed by atoms with van der Waals surface area (Å²) >= 11 is 0. The van der Waals surface area contributed by atoms with E-state index in [0.29, 0.717) is 26.7 Å². The Hall–Kier alpha value is -2.44. The summed E-state index contributed by atoms with van der Waals surface area (Å²) in [5.41, 5.74) is 8.63. The largest absolute Gasteiger partial charge is 0.356 e. The van der Waals surface area contributed by atoms with Gasteiger partial charge in [-0.25, -0.2) is 0 Å². The van der Waals surface area contributed by atoms with Gasteiger partial charge >= 0.3 is 0 Å². The van der Waals surface area contributed by atoms with Crippen molar-refractivity contribution in [2.75, 3.05) is 33.3 Å². The first-order valence-corrected chi connectivity index (χ1v) is 10.6. The molecule has 0 saturated carbocycles. The molecule has 0 bridgehead atoms. The van der Waals surface area contributed by atoms with Crippen LogP contribution in [0.1, 0.15) is 24.0 Å². The van der Waals surface area contributed by atoms with Crippen molar-refractivity contribution in [3.63, 3.8) is 0 Å². The van der Waals surface area contributed by atoms with E-state index in [1.54, 1.807) is 0 Å². The van der Waals surface area contributed by atoms with Gasteiger partial charge in [0.2, 0.25) is 0 Å². The zero-order valence-corrected chi connectivity index (χ0v) is 17.3. The van der Waals surface area contributed by atoms with Crippen LogP contribution in [0.15, 0.2) is 84.1 Å². The molecule has 1 fully saturated rings. The summed E-state index contributed by atoms with van der Waals surface area (Å²) in [6.07, 6.45) is 4.54. The molecule has 2 aromatic rings. The fourth-order valence-corrected chi connectivity index (χ4v) is 4.79. The first kappa shape index (κ1) is 19.5. The van der Waals surface area contributed by atoms with E-state index in [0.717, 1.165) is 6.54 Å². The average molecular weight is 405 g/mol. The van der Waals surface area contributed by atoms with E-state index in [1.807, 2.05) is 0 Å². The molecule has 0 aromatic heterocycles. The number of hydrazine groups is 1. The minimum atomic E-state index is -0.147. The van der Waals surface area contributed by atoms with E-state index in [2.05, 4.69) is 90.2 Å². The molecule has 2 heterocycles. The molecule has 5 rings (SSSR count). The number of hydrogen-bond donors (Lipinski definition) is 1. The van der Waals surface area contributed by atoms with Crippen LogP contribution in [0, 0.1) is 0 Å². The van der Waals surface area contributed by atoms with Gasteiger partial charge in [0, 0.05) is 17.9 Å². The fourth-order valence-electron chi connectivity index (χ4n) is 4.79. The summed E-state index contributed by atoms with van der Waals surface area (Å²) in [7, 11) is 0. The van der Waals surface area contributed by atoms with Crippen molar-refractivity contribution in [2.24, 2.45) is 0 Å². The molecule has 0 amide bonds. The Balaban J connectivity index is 1.41. The van der Waals surface area contributed by atoms with Crippen molar-refractivity contribution in [3.8, 4) is 0 Å². The predicted molar refractivity (Wildman–Crippen MR) is 115 cm³/mol. The fraction of sp³-hybridized carbons (Fsp3) is 0.360. The smallest absolute Gasteiger partial charge is 0.146 e. The van der Waals surface area contributed by atoms with Gasteiger partial charge in [0.1, 0.15) is 19.6 Å². The highest BCUT2D eigenvalue weighted by atomic mass is 16.7. The van der Waals surface area contributed by atoms with Crippen LogP contribution >= 0.6 is 0 Å². The van der Waals surface area contributed by atoms with Gasteiger partial charge in [-0.15, -0.1) is 0 Å². The lowest BCUT2D eigenvalue weighted by molar-refractivity contribution is -0.180. The van der Waals surface area contributed by atoms with E-state index in [9.17, 15) is 0 Å². The number of benzene rings is 2. The number of nitrogens with zero attached hydrogens (tertiary/aromatic N) is 1. The lowest BCUT2D eigenvalue weighted by atomic mass is 9.62. The Morgan fingerprint density at radius 2 is 1.73 bits per heavy atom. The molecule has 1 N–H and O–H groups in total. The molecule has 1 aliphatic carbocycles. The van der Waals surface area contributed by atoms with Gasteiger partial charge in [-0.05, 0) is 22.8 Å². The van der Waals surface area contributed by atoms with Gasteiger partial charge in [-0.2, -0.15) is 5.01 Å². The molecule has 2 aromatic carbocycles. The Morgan fingerprint density at radius 1 is 1.03 bits per heavy atom. The quantitative estimate of drug-likeness (QED) is 0.823. The molecule has 0 spiro atoms. The minimum Gasteiger partial charge on any atom is -0.356 e. The molecule has 5 heteroatoms. The average Bonchev–Trinajstić information content (AvgIpc) is 3.24. The number of allylic oxidation sites excluding steroid dienone is 2. The minimum absolute atomic E-state index is 0.0219. The molecule has 0 radical (unpaired) electrons. The Labute approximate surface area is 177 Å². The molecule has 2 atom stereocenters. The van der Waals surface area contributed by atoms with E-state index in [1.165, 1.54) is 22.4 Å². The predicted octanol–water partition coefficient (Wildman–Crippen LogP) is 3.72. The third-order valence-corrected chi connectivity index (χ3v) is 6.43. The van der Waals surface area contributed by atoms with Crippen molar-refractivity contribution >= 4 is 0 Å². The van der Waals surface area contributed by atoms with E-state index in [4.69, 9.17) is 14.2 Å². The molecule has 2 unspecified atom stereocenters. The van der Waals surface area contributed by atoms with Crippen molar-refractivity contribution in [2.45, 2.75) is 24.4 Å². The van der Waals surface area contributed by atoms with Gasteiger partial charge in [-0.1, -0.05) is 73.7 Å². The highest BCUT2D eigenvalue weighted by molar-refractivity contribution is 5.52. The monoisotopic (exact) mass is 404 g/mol. The second kappa shape index (κ2) is 8.36. The van der Waals surface area contributed by atoms with Crippen LogP contribution in [-0.4, -0.2) is 44.4 Å². The van der Waals surface area contributed by atoms with Crippen LogP contribution in [0.4, 0.5) is 0 Å². The molecule has 1 saturated heterocycles. The number of ether oxygens (including phenoxy) is 3. The molecule has 156 valence electrons. The zero-order chi connectivity index (χ0) is 20.4. The second-order valence-corrected chi connectivity index (χ2v) is 8.30. The third-order valence-electron chi connectivity index (χ3n) is 6.43. The van der Waals surface area contributed by atoms with Gasteiger partial charge in [-0.3, -0.25) is 0 Å². The maximum atomic E-state index is 6.02. The Bertz CT molecular complexity index is 922.